The fourth-order valence-corrected chi connectivity index (χ4v) is 3.93. The van der Waals surface area contributed by atoms with Gasteiger partial charge in [0.25, 0.3) is 5.91 Å². The fourth-order valence-electron chi connectivity index (χ4n) is 3.13. The maximum Gasteiger partial charge on any atom is 0.295 e. The first-order valence-electron chi connectivity index (χ1n) is 8.74. The molecule has 0 unspecified atom stereocenters. The molecule has 4 N–H and O–H groups in total. The normalized spacial score (nSPS) is 10.4. The van der Waals surface area contributed by atoms with Crippen LogP contribution in [0.3, 0.4) is 0 Å². The van der Waals surface area contributed by atoms with Gasteiger partial charge >= 0.3 is 0 Å². The number of nitrogen functional groups attached to an aromatic ring is 1. The summed E-state index contributed by atoms with van der Waals surface area (Å²) in [7, 11) is 0. The van der Waals surface area contributed by atoms with Gasteiger partial charge in [-0.1, -0.05) is 35.3 Å². The molecular weight excluding hydrogens is 384 g/mol. The van der Waals surface area contributed by atoms with Crippen molar-refractivity contribution in [1.29, 1.82) is 0 Å². The number of aromatic nitrogens is 2. The van der Waals surface area contributed by atoms with Gasteiger partial charge in [-0.2, -0.15) is 0 Å². The van der Waals surface area contributed by atoms with Crippen LogP contribution in [0.4, 0.5) is 5.13 Å². The van der Waals surface area contributed by atoms with E-state index >= 15 is 0 Å². The number of terminal acetylenes is 1. The molecule has 0 saturated carbocycles. The molecule has 0 fully saturated rings. The van der Waals surface area contributed by atoms with Crippen molar-refractivity contribution < 1.29 is 9.90 Å². The van der Waals surface area contributed by atoms with Crippen LogP contribution in [0.15, 0.2) is 42.6 Å². The quantitative estimate of drug-likeness (QED) is 0.461. The van der Waals surface area contributed by atoms with Gasteiger partial charge in [0, 0.05) is 29.2 Å². The third-order valence-corrected chi connectivity index (χ3v) is 5.28. The Morgan fingerprint density at radius 2 is 2.21 bits per heavy atom. The Bertz CT molecular complexity index is 1350. The van der Waals surface area contributed by atoms with Gasteiger partial charge in [-0.25, -0.2) is 4.98 Å². The van der Waals surface area contributed by atoms with E-state index in [1.807, 2.05) is 47.0 Å². The number of nitrogens with two attached hydrogens (primary N) is 1. The van der Waals surface area contributed by atoms with E-state index in [1.165, 1.54) is 11.3 Å². The lowest BCUT2D eigenvalue weighted by Gasteiger charge is -2.05. The minimum Gasteiger partial charge on any atom is -0.506 e. The van der Waals surface area contributed by atoms with Crippen molar-refractivity contribution in [1.82, 2.24) is 14.9 Å². The molecule has 0 radical (unpaired) electrons. The van der Waals surface area contributed by atoms with Crippen molar-refractivity contribution in [3.63, 3.8) is 0 Å². The first-order valence-corrected chi connectivity index (χ1v) is 9.56. The number of nitrogens with zero attached hydrogens (tertiary/aromatic N) is 2. The van der Waals surface area contributed by atoms with E-state index < -0.39 is 5.91 Å². The molecule has 2 aromatic carbocycles. The SMILES string of the molecule is C#CC(=O)NCc1cccc2c1ccn2CC#Cc1cc(O)c2nc(N)sc2c1. The van der Waals surface area contributed by atoms with Gasteiger partial charge in [-0.15, -0.1) is 6.42 Å². The number of phenolic OH excluding ortho intramolecular Hbond substituents is 1. The minimum absolute atomic E-state index is 0.0739. The number of phenols is 1. The van der Waals surface area contributed by atoms with Crippen LogP contribution < -0.4 is 11.1 Å². The Hall–Kier alpha value is -3.94. The van der Waals surface area contributed by atoms with Gasteiger partial charge in [0.15, 0.2) is 5.13 Å². The van der Waals surface area contributed by atoms with Crippen LogP contribution in [0, 0.1) is 24.2 Å². The number of thiazole rings is 1. The van der Waals surface area contributed by atoms with Gasteiger partial charge in [0.1, 0.15) is 11.3 Å². The maximum absolute atomic E-state index is 11.3. The van der Waals surface area contributed by atoms with Gasteiger partial charge in [-0.05, 0) is 35.7 Å². The van der Waals surface area contributed by atoms with Gasteiger partial charge in [-0.3, -0.25) is 4.79 Å². The number of carbonyl (C=O) groups is 1. The minimum atomic E-state index is -0.435. The third-order valence-electron chi connectivity index (χ3n) is 4.45. The number of carbonyl (C=O) groups excluding carboxylic acids is 1. The number of hydrogen-bond acceptors (Lipinski definition) is 5. The van der Waals surface area contributed by atoms with Crippen molar-refractivity contribution in [3.05, 3.63) is 53.7 Å². The molecule has 4 aromatic rings. The summed E-state index contributed by atoms with van der Waals surface area (Å²) < 4.78 is 2.83. The summed E-state index contributed by atoms with van der Waals surface area (Å²) >= 11 is 1.31. The molecule has 0 aliphatic carbocycles. The number of amides is 1. The number of hydrogen-bond donors (Lipinski definition) is 3. The zero-order chi connectivity index (χ0) is 20.4. The van der Waals surface area contributed by atoms with E-state index in [4.69, 9.17) is 12.2 Å². The molecule has 7 heteroatoms. The molecule has 0 atom stereocenters. The molecule has 2 heterocycles. The number of fused-ring (bicyclic) bond motifs is 2. The first-order chi connectivity index (χ1) is 14.0. The summed E-state index contributed by atoms with van der Waals surface area (Å²) in [6.45, 7) is 0.848. The lowest BCUT2D eigenvalue weighted by atomic mass is 10.1. The summed E-state index contributed by atoms with van der Waals surface area (Å²) in [6, 6.07) is 11.3. The zero-order valence-corrected chi connectivity index (χ0v) is 16.1. The van der Waals surface area contributed by atoms with Gasteiger partial charge in [0.2, 0.25) is 0 Å². The monoisotopic (exact) mass is 400 g/mol. The maximum atomic E-state index is 11.3. The predicted octanol–water partition coefficient (Wildman–Crippen LogP) is 2.84. The van der Waals surface area contributed by atoms with Crippen LogP contribution in [-0.4, -0.2) is 20.6 Å². The smallest absolute Gasteiger partial charge is 0.295 e. The van der Waals surface area contributed by atoms with Crippen LogP contribution in [0.5, 0.6) is 5.75 Å². The molecule has 4 rings (SSSR count). The number of anilines is 1. The average Bonchev–Trinajstić information content (AvgIpc) is 3.29. The van der Waals surface area contributed by atoms with Crippen LogP contribution in [0.2, 0.25) is 0 Å². The van der Waals surface area contributed by atoms with E-state index in [0.29, 0.717) is 29.3 Å². The summed E-state index contributed by atoms with van der Waals surface area (Å²) in [5.74, 6) is 7.90. The van der Waals surface area contributed by atoms with Gasteiger partial charge in [0.05, 0.1) is 11.2 Å². The predicted molar refractivity (Wildman–Crippen MR) is 115 cm³/mol. The Morgan fingerprint density at radius 3 is 3.03 bits per heavy atom. The average molecular weight is 400 g/mol. The van der Waals surface area contributed by atoms with E-state index in [-0.39, 0.29) is 5.75 Å². The lowest BCUT2D eigenvalue weighted by molar-refractivity contribution is -0.115. The highest BCUT2D eigenvalue weighted by Gasteiger charge is 2.08. The number of nitrogens with one attached hydrogen (secondary N) is 1. The topological polar surface area (TPSA) is 93.2 Å². The van der Waals surface area contributed by atoms with E-state index in [2.05, 4.69) is 22.1 Å². The second kappa shape index (κ2) is 7.59. The van der Waals surface area contributed by atoms with Gasteiger partial charge < -0.3 is 20.7 Å². The fraction of sp³-hybridized carbons (Fsp3) is 0.0909. The summed E-state index contributed by atoms with van der Waals surface area (Å²) in [6.07, 6.45) is 7.05. The number of rotatable bonds is 3. The first kappa shape index (κ1) is 18.4. The van der Waals surface area contributed by atoms with E-state index in [9.17, 15) is 9.90 Å². The largest absolute Gasteiger partial charge is 0.506 e. The molecule has 0 aliphatic rings. The van der Waals surface area contributed by atoms with E-state index in [0.717, 1.165) is 21.2 Å². The second-order valence-electron chi connectivity index (χ2n) is 6.32. The highest BCUT2D eigenvalue weighted by atomic mass is 32.1. The molecule has 6 nitrogen and oxygen atoms in total. The molecule has 2 aromatic heterocycles. The van der Waals surface area contributed by atoms with Crippen molar-refractivity contribution >= 4 is 43.5 Å². The van der Waals surface area contributed by atoms with Crippen LogP contribution in [-0.2, 0) is 17.9 Å². The zero-order valence-electron chi connectivity index (χ0n) is 15.3. The number of aromatic hydroxyl groups is 1. The Morgan fingerprint density at radius 1 is 1.34 bits per heavy atom. The Balaban J connectivity index is 1.57. The molecule has 0 bridgehead atoms. The number of benzene rings is 2. The Labute approximate surface area is 171 Å². The second-order valence-corrected chi connectivity index (χ2v) is 7.38. The highest BCUT2D eigenvalue weighted by Crippen LogP contribution is 2.31. The van der Waals surface area contributed by atoms with Crippen molar-refractivity contribution in [2.45, 2.75) is 13.1 Å². The van der Waals surface area contributed by atoms with Crippen LogP contribution in [0.25, 0.3) is 21.1 Å². The molecular formula is C22H16N4O2S. The molecule has 29 heavy (non-hydrogen) atoms. The van der Waals surface area contributed by atoms with E-state index in [1.54, 1.807) is 6.07 Å². The highest BCUT2D eigenvalue weighted by molar-refractivity contribution is 7.22. The van der Waals surface area contributed by atoms with Crippen molar-refractivity contribution in [3.8, 4) is 29.9 Å². The Kier molecular flexibility index (Phi) is 4.82. The molecule has 0 saturated heterocycles. The molecule has 0 aliphatic heterocycles. The van der Waals surface area contributed by atoms with Crippen molar-refractivity contribution in [2.24, 2.45) is 0 Å². The summed E-state index contributed by atoms with van der Waals surface area (Å²) in [5.41, 5.74) is 8.91. The van der Waals surface area contributed by atoms with Crippen LogP contribution in [0.1, 0.15) is 11.1 Å². The summed E-state index contributed by atoms with van der Waals surface area (Å²) in [4.78, 5) is 15.4. The van der Waals surface area contributed by atoms with Crippen molar-refractivity contribution in [2.75, 3.05) is 5.73 Å². The lowest BCUT2D eigenvalue weighted by Crippen LogP contribution is -2.20. The standard InChI is InChI=1S/C22H16N4O2S/c1-2-20(28)24-13-15-6-3-7-17-16(15)8-10-26(17)9-4-5-14-11-18(27)21-19(12-14)29-22(23)25-21/h1,3,6-8,10-12,27H,9,13H2,(H2,23,25)(H,24,28). The summed E-state index contributed by atoms with van der Waals surface area (Å²) in [5, 5.41) is 14.2. The molecule has 0 spiro atoms. The molecule has 1 amide bonds. The van der Waals surface area contributed by atoms with Crippen LogP contribution >= 0.6 is 11.3 Å². The third kappa shape index (κ3) is 3.73. The molecule has 142 valence electrons.